The number of hydrogen-bond donors (Lipinski definition) is 0. The van der Waals surface area contributed by atoms with E-state index in [4.69, 9.17) is 5.26 Å². The minimum atomic E-state index is 0.519. The van der Waals surface area contributed by atoms with E-state index in [2.05, 4.69) is 22.0 Å². The molecule has 0 saturated heterocycles. The summed E-state index contributed by atoms with van der Waals surface area (Å²) in [4.78, 5) is 6.96. The quantitative estimate of drug-likeness (QED) is 0.824. The van der Waals surface area contributed by atoms with Gasteiger partial charge in [0.25, 0.3) is 0 Å². The molecule has 2 aliphatic carbocycles. The first-order valence-electron chi connectivity index (χ1n) is 8.53. The Morgan fingerprint density at radius 3 is 1.90 bits per heavy atom. The lowest BCUT2D eigenvalue weighted by Crippen LogP contribution is -2.45. The smallest absolute Gasteiger partial charge is 0.140 e. The highest BCUT2D eigenvalue weighted by atomic mass is 15.2. The third-order valence-corrected chi connectivity index (χ3v) is 5.10. The SMILES string of the molecule is N#Cc1ccc(N(C2CCCCC2)C2CCCCC2)cn1. The molecule has 112 valence electrons. The Labute approximate surface area is 128 Å². The molecule has 3 rings (SSSR count). The van der Waals surface area contributed by atoms with E-state index in [1.165, 1.54) is 69.9 Å². The van der Waals surface area contributed by atoms with Gasteiger partial charge in [-0.15, -0.1) is 0 Å². The first-order valence-corrected chi connectivity index (χ1v) is 8.53. The standard InChI is InChI=1S/C18H25N3/c19-13-15-11-12-18(14-20-15)21(16-7-3-1-4-8-16)17-9-5-2-6-10-17/h11-12,14,16-17H,1-10H2. The summed E-state index contributed by atoms with van der Waals surface area (Å²) in [5, 5.41) is 8.94. The Hall–Kier alpha value is -1.56. The average molecular weight is 283 g/mol. The first kappa shape index (κ1) is 14.4. The summed E-state index contributed by atoms with van der Waals surface area (Å²) >= 11 is 0. The van der Waals surface area contributed by atoms with E-state index in [1.807, 2.05) is 12.3 Å². The van der Waals surface area contributed by atoms with Gasteiger partial charge >= 0.3 is 0 Å². The molecule has 2 fully saturated rings. The van der Waals surface area contributed by atoms with Crippen LogP contribution in [-0.4, -0.2) is 17.1 Å². The summed E-state index contributed by atoms with van der Waals surface area (Å²) in [7, 11) is 0. The number of rotatable bonds is 3. The van der Waals surface area contributed by atoms with E-state index in [1.54, 1.807) is 0 Å². The van der Waals surface area contributed by atoms with E-state index in [-0.39, 0.29) is 0 Å². The summed E-state index contributed by atoms with van der Waals surface area (Å²) in [6.07, 6.45) is 15.4. The van der Waals surface area contributed by atoms with E-state index in [9.17, 15) is 0 Å². The highest BCUT2D eigenvalue weighted by molar-refractivity contribution is 5.48. The molecule has 0 bridgehead atoms. The van der Waals surface area contributed by atoms with Gasteiger partial charge in [-0.05, 0) is 37.8 Å². The first-order chi connectivity index (χ1) is 10.4. The van der Waals surface area contributed by atoms with Crippen molar-refractivity contribution < 1.29 is 0 Å². The summed E-state index contributed by atoms with van der Waals surface area (Å²) in [6.45, 7) is 0. The second-order valence-electron chi connectivity index (χ2n) is 6.50. The molecule has 0 aromatic carbocycles. The lowest BCUT2D eigenvalue weighted by Gasteiger charge is -2.43. The Kier molecular flexibility index (Phi) is 4.75. The second kappa shape index (κ2) is 6.93. The monoisotopic (exact) mass is 283 g/mol. The molecule has 0 radical (unpaired) electrons. The maximum absolute atomic E-state index is 8.94. The van der Waals surface area contributed by atoms with Crippen LogP contribution in [-0.2, 0) is 0 Å². The van der Waals surface area contributed by atoms with Gasteiger partial charge in [0.1, 0.15) is 11.8 Å². The molecule has 0 N–H and O–H groups in total. The number of nitrogens with zero attached hydrogens (tertiary/aromatic N) is 3. The van der Waals surface area contributed by atoms with Crippen molar-refractivity contribution >= 4 is 5.69 Å². The van der Waals surface area contributed by atoms with Crippen LogP contribution in [0.25, 0.3) is 0 Å². The van der Waals surface area contributed by atoms with Crippen LogP contribution in [0.5, 0.6) is 0 Å². The third kappa shape index (κ3) is 3.37. The molecule has 0 atom stereocenters. The van der Waals surface area contributed by atoms with Gasteiger partial charge in [-0.2, -0.15) is 5.26 Å². The Morgan fingerprint density at radius 2 is 1.48 bits per heavy atom. The van der Waals surface area contributed by atoms with Gasteiger partial charge in [0.05, 0.1) is 11.9 Å². The van der Waals surface area contributed by atoms with Crippen molar-refractivity contribution in [3.05, 3.63) is 24.0 Å². The van der Waals surface area contributed by atoms with Crippen LogP contribution in [0, 0.1) is 11.3 Å². The van der Waals surface area contributed by atoms with Gasteiger partial charge < -0.3 is 4.90 Å². The molecular formula is C18H25N3. The predicted octanol–water partition coefficient (Wildman–Crippen LogP) is 4.43. The van der Waals surface area contributed by atoms with Gasteiger partial charge in [-0.3, -0.25) is 0 Å². The van der Waals surface area contributed by atoms with Crippen LogP contribution in [0.4, 0.5) is 5.69 Å². The van der Waals surface area contributed by atoms with Gasteiger partial charge in [0.2, 0.25) is 0 Å². The zero-order valence-corrected chi connectivity index (χ0v) is 12.8. The van der Waals surface area contributed by atoms with Crippen molar-refractivity contribution in [3.63, 3.8) is 0 Å². The summed E-state index contributed by atoms with van der Waals surface area (Å²) in [6, 6.07) is 7.45. The van der Waals surface area contributed by atoms with Crippen LogP contribution in [0.15, 0.2) is 18.3 Å². The van der Waals surface area contributed by atoms with Crippen molar-refractivity contribution in [1.82, 2.24) is 4.98 Å². The van der Waals surface area contributed by atoms with Crippen molar-refractivity contribution in [2.24, 2.45) is 0 Å². The minimum absolute atomic E-state index is 0.519. The van der Waals surface area contributed by atoms with Gasteiger partial charge in [-0.25, -0.2) is 4.98 Å². The van der Waals surface area contributed by atoms with E-state index in [0.717, 1.165) is 0 Å². The maximum atomic E-state index is 8.94. The molecule has 3 heteroatoms. The molecule has 21 heavy (non-hydrogen) atoms. The molecule has 0 amide bonds. The fraction of sp³-hybridized carbons (Fsp3) is 0.667. The van der Waals surface area contributed by atoms with Crippen molar-refractivity contribution in [3.8, 4) is 6.07 Å². The molecule has 3 nitrogen and oxygen atoms in total. The van der Waals surface area contributed by atoms with Crippen LogP contribution in [0.3, 0.4) is 0 Å². The molecule has 2 saturated carbocycles. The van der Waals surface area contributed by atoms with Gasteiger partial charge in [0.15, 0.2) is 0 Å². The Balaban J connectivity index is 1.84. The molecule has 0 aliphatic heterocycles. The van der Waals surface area contributed by atoms with E-state index >= 15 is 0 Å². The van der Waals surface area contributed by atoms with Crippen molar-refractivity contribution in [2.45, 2.75) is 76.3 Å². The number of aromatic nitrogens is 1. The van der Waals surface area contributed by atoms with E-state index in [0.29, 0.717) is 17.8 Å². The molecular weight excluding hydrogens is 258 g/mol. The van der Waals surface area contributed by atoms with Crippen LogP contribution in [0.2, 0.25) is 0 Å². The highest BCUT2D eigenvalue weighted by Gasteiger charge is 2.29. The Morgan fingerprint density at radius 1 is 0.905 bits per heavy atom. The van der Waals surface area contributed by atoms with Gasteiger partial charge in [0, 0.05) is 12.1 Å². The largest absolute Gasteiger partial charge is 0.364 e. The summed E-state index contributed by atoms with van der Waals surface area (Å²) < 4.78 is 0. The third-order valence-electron chi connectivity index (χ3n) is 5.10. The van der Waals surface area contributed by atoms with Crippen LogP contribution >= 0.6 is 0 Å². The van der Waals surface area contributed by atoms with Crippen molar-refractivity contribution in [1.29, 1.82) is 5.26 Å². The zero-order chi connectivity index (χ0) is 14.5. The highest BCUT2D eigenvalue weighted by Crippen LogP contribution is 2.33. The zero-order valence-electron chi connectivity index (χ0n) is 12.8. The normalized spacial score (nSPS) is 20.9. The number of hydrogen-bond acceptors (Lipinski definition) is 3. The fourth-order valence-electron chi connectivity index (χ4n) is 4.04. The topological polar surface area (TPSA) is 39.9 Å². The lowest BCUT2D eigenvalue weighted by molar-refractivity contribution is 0.339. The Bertz CT molecular complexity index is 458. The van der Waals surface area contributed by atoms with Crippen LogP contribution < -0.4 is 4.90 Å². The second-order valence-corrected chi connectivity index (χ2v) is 6.50. The minimum Gasteiger partial charge on any atom is -0.364 e. The molecule has 1 aromatic heterocycles. The lowest BCUT2D eigenvalue weighted by atomic mass is 9.88. The van der Waals surface area contributed by atoms with Gasteiger partial charge in [-0.1, -0.05) is 38.5 Å². The number of nitriles is 1. The summed E-state index contributed by atoms with van der Waals surface area (Å²) in [5.74, 6) is 0. The predicted molar refractivity (Wildman–Crippen MR) is 85.2 cm³/mol. The molecule has 2 aliphatic rings. The maximum Gasteiger partial charge on any atom is 0.140 e. The number of pyridine rings is 1. The van der Waals surface area contributed by atoms with Crippen LogP contribution in [0.1, 0.15) is 69.9 Å². The fourth-order valence-corrected chi connectivity index (χ4v) is 4.04. The van der Waals surface area contributed by atoms with Crippen molar-refractivity contribution in [2.75, 3.05) is 4.90 Å². The molecule has 1 aromatic rings. The number of anilines is 1. The molecule has 0 unspecified atom stereocenters. The molecule has 0 spiro atoms. The summed E-state index contributed by atoms with van der Waals surface area (Å²) in [5.41, 5.74) is 1.75. The average Bonchev–Trinajstić information content (AvgIpc) is 2.58. The molecule has 1 heterocycles. The van der Waals surface area contributed by atoms with E-state index < -0.39 is 0 Å².